The number of benzene rings is 2. The first-order valence-electron chi connectivity index (χ1n) is 11.7. The summed E-state index contributed by atoms with van der Waals surface area (Å²) in [6, 6.07) is 12.3. The molecule has 0 aliphatic carbocycles. The second-order valence-corrected chi connectivity index (χ2v) is 8.68. The van der Waals surface area contributed by atoms with Crippen molar-refractivity contribution in [3.8, 4) is 17.2 Å². The van der Waals surface area contributed by atoms with Crippen molar-refractivity contribution in [2.24, 2.45) is 5.92 Å². The van der Waals surface area contributed by atoms with Gasteiger partial charge in [0.2, 0.25) is 0 Å². The topological polar surface area (TPSA) is 89.1 Å². The van der Waals surface area contributed by atoms with Crippen molar-refractivity contribution in [1.29, 1.82) is 0 Å². The molecule has 2 N–H and O–H groups in total. The second kappa shape index (κ2) is 12.3. The maximum atomic E-state index is 12.7. The van der Waals surface area contributed by atoms with E-state index in [1.165, 1.54) is 20.0 Å². The van der Waals surface area contributed by atoms with Gasteiger partial charge in [0.1, 0.15) is 5.75 Å². The number of hydrogen-bond donors (Lipinski definition) is 2. The molecule has 2 amide bonds. The fraction of sp³-hybridized carbons (Fsp3) is 0.462. The number of carbonyl (C=O) groups excluding carboxylic acids is 2. The Kier molecular flexibility index (Phi) is 9.16. The molecule has 1 fully saturated rings. The van der Waals surface area contributed by atoms with Crippen LogP contribution in [0.5, 0.6) is 17.2 Å². The first-order valence-corrected chi connectivity index (χ1v) is 11.7. The Hall–Kier alpha value is -3.26. The monoisotopic (exact) mass is 469 g/mol. The van der Waals surface area contributed by atoms with E-state index < -0.39 is 0 Å². The molecule has 0 aromatic heterocycles. The number of anilines is 1. The third-order valence-corrected chi connectivity index (χ3v) is 6.17. The lowest BCUT2D eigenvalue weighted by molar-refractivity contribution is -0.118. The van der Waals surface area contributed by atoms with E-state index in [-0.39, 0.29) is 24.5 Å². The van der Waals surface area contributed by atoms with Crippen LogP contribution in [-0.2, 0) is 4.79 Å². The summed E-state index contributed by atoms with van der Waals surface area (Å²) in [7, 11) is 3.04. The number of likely N-dealkylation sites (tertiary alicyclic amines) is 1. The Morgan fingerprint density at radius 1 is 1.03 bits per heavy atom. The van der Waals surface area contributed by atoms with Crippen molar-refractivity contribution in [3.05, 3.63) is 48.0 Å². The number of hydrogen-bond acceptors (Lipinski definition) is 6. The summed E-state index contributed by atoms with van der Waals surface area (Å²) < 4.78 is 16.3. The number of nitrogens with zero attached hydrogens (tertiary/aromatic N) is 1. The first-order chi connectivity index (χ1) is 16.4. The number of para-hydroxylation sites is 2. The van der Waals surface area contributed by atoms with Crippen LogP contribution in [0.15, 0.2) is 42.5 Å². The van der Waals surface area contributed by atoms with Crippen LogP contribution in [0.2, 0.25) is 0 Å². The number of nitrogens with one attached hydrogen (secondary N) is 2. The average Bonchev–Trinajstić information content (AvgIpc) is 2.86. The van der Waals surface area contributed by atoms with Crippen molar-refractivity contribution in [2.45, 2.75) is 32.7 Å². The van der Waals surface area contributed by atoms with Crippen LogP contribution in [0.1, 0.15) is 37.0 Å². The van der Waals surface area contributed by atoms with Gasteiger partial charge in [0.15, 0.2) is 18.1 Å². The minimum Gasteiger partial charge on any atom is -0.495 e. The van der Waals surface area contributed by atoms with Crippen molar-refractivity contribution in [3.63, 3.8) is 0 Å². The highest BCUT2D eigenvalue weighted by molar-refractivity contribution is 5.95. The van der Waals surface area contributed by atoms with Crippen molar-refractivity contribution in [2.75, 3.05) is 45.8 Å². The molecule has 2 aromatic rings. The molecule has 184 valence electrons. The average molecular weight is 470 g/mol. The van der Waals surface area contributed by atoms with Gasteiger partial charge in [-0.2, -0.15) is 0 Å². The molecule has 1 saturated heterocycles. The lowest BCUT2D eigenvalue weighted by Gasteiger charge is -2.35. The molecule has 0 bridgehead atoms. The molecule has 1 aliphatic heterocycles. The van der Waals surface area contributed by atoms with Gasteiger partial charge < -0.3 is 24.8 Å². The number of methoxy groups -OCH3 is 2. The van der Waals surface area contributed by atoms with Gasteiger partial charge in [0.25, 0.3) is 11.8 Å². The van der Waals surface area contributed by atoms with E-state index in [0.717, 1.165) is 19.0 Å². The van der Waals surface area contributed by atoms with E-state index in [0.29, 0.717) is 35.0 Å². The Balaban J connectivity index is 1.53. The van der Waals surface area contributed by atoms with E-state index in [2.05, 4.69) is 29.4 Å². The molecule has 0 spiro atoms. The summed E-state index contributed by atoms with van der Waals surface area (Å²) >= 11 is 0. The van der Waals surface area contributed by atoms with Gasteiger partial charge in [-0.1, -0.05) is 19.1 Å². The highest BCUT2D eigenvalue weighted by Crippen LogP contribution is 2.28. The molecule has 3 rings (SSSR count). The maximum absolute atomic E-state index is 12.7. The number of carbonyl (C=O) groups is 2. The Labute approximate surface area is 201 Å². The van der Waals surface area contributed by atoms with E-state index >= 15 is 0 Å². The van der Waals surface area contributed by atoms with E-state index in [9.17, 15) is 9.59 Å². The van der Waals surface area contributed by atoms with Crippen LogP contribution in [0.3, 0.4) is 0 Å². The van der Waals surface area contributed by atoms with E-state index in [1.54, 1.807) is 43.5 Å². The summed E-state index contributed by atoms with van der Waals surface area (Å²) in [5, 5.41) is 5.77. The number of amides is 2. The molecule has 2 aromatic carbocycles. The SMILES string of the molecule is COc1ccccc1NC(=O)COc1ccc(C(=O)NCC(C)N2CCC(C)CC2)cc1OC. The second-order valence-electron chi connectivity index (χ2n) is 8.68. The van der Waals surface area contributed by atoms with E-state index in [4.69, 9.17) is 14.2 Å². The lowest BCUT2D eigenvalue weighted by Crippen LogP contribution is -2.45. The minimum atomic E-state index is -0.338. The largest absolute Gasteiger partial charge is 0.495 e. The van der Waals surface area contributed by atoms with Crippen LogP contribution >= 0.6 is 0 Å². The summed E-state index contributed by atoms with van der Waals surface area (Å²) in [6.45, 7) is 6.94. The number of rotatable bonds is 10. The van der Waals surface area contributed by atoms with Gasteiger partial charge in [0, 0.05) is 18.2 Å². The normalized spacial score (nSPS) is 15.3. The molecule has 1 unspecified atom stereocenters. The van der Waals surface area contributed by atoms with Crippen molar-refractivity contribution < 1.29 is 23.8 Å². The Morgan fingerprint density at radius 2 is 1.74 bits per heavy atom. The zero-order valence-corrected chi connectivity index (χ0v) is 20.4. The fourth-order valence-electron chi connectivity index (χ4n) is 3.95. The molecule has 0 radical (unpaired) electrons. The van der Waals surface area contributed by atoms with Crippen LogP contribution in [0, 0.1) is 5.92 Å². The Morgan fingerprint density at radius 3 is 2.44 bits per heavy atom. The van der Waals surface area contributed by atoms with Gasteiger partial charge >= 0.3 is 0 Å². The molecule has 1 heterocycles. The van der Waals surface area contributed by atoms with E-state index in [1.807, 2.05) is 6.07 Å². The standard InChI is InChI=1S/C26H35N3O5/c1-18-11-13-29(14-12-18)19(2)16-27-26(31)20-9-10-23(24(15-20)33-4)34-17-25(30)28-21-7-5-6-8-22(21)32-3/h5-10,15,18-19H,11-14,16-17H2,1-4H3,(H,27,31)(H,28,30). The van der Waals surface area contributed by atoms with Crippen molar-refractivity contribution in [1.82, 2.24) is 10.2 Å². The highest BCUT2D eigenvalue weighted by atomic mass is 16.5. The summed E-state index contributed by atoms with van der Waals surface area (Å²) in [6.07, 6.45) is 2.40. The molecular formula is C26H35N3O5. The third-order valence-electron chi connectivity index (χ3n) is 6.17. The van der Waals surface area contributed by atoms with Gasteiger partial charge in [-0.25, -0.2) is 0 Å². The summed E-state index contributed by atoms with van der Waals surface area (Å²) in [5.74, 6) is 1.60. The van der Waals surface area contributed by atoms with Crippen LogP contribution in [-0.4, -0.2) is 63.2 Å². The molecule has 8 nitrogen and oxygen atoms in total. The van der Waals surface area contributed by atoms with Gasteiger partial charge in [-0.3, -0.25) is 14.5 Å². The van der Waals surface area contributed by atoms with Crippen LogP contribution in [0.4, 0.5) is 5.69 Å². The van der Waals surface area contributed by atoms with Gasteiger partial charge in [0.05, 0.1) is 19.9 Å². The van der Waals surface area contributed by atoms with Crippen LogP contribution < -0.4 is 24.8 Å². The summed E-state index contributed by atoms with van der Waals surface area (Å²) in [5.41, 5.74) is 1.04. The van der Waals surface area contributed by atoms with Crippen LogP contribution in [0.25, 0.3) is 0 Å². The minimum absolute atomic E-state index is 0.170. The molecule has 1 atom stereocenters. The zero-order chi connectivity index (χ0) is 24.5. The fourth-order valence-corrected chi connectivity index (χ4v) is 3.95. The summed E-state index contributed by atoms with van der Waals surface area (Å²) in [4.78, 5) is 27.4. The lowest BCUT2D eigenvalue weighted by atomic mass is 9.98. The maximum Gasteiger partial charge on any atom is 0.262 e. The van der Waals surface area contributed by atoms with Crippen molar-refractivity contribution >= 4 is 17.5 Å². The number of piperidine rings is 1. The molecule has 8 heteroatoms. The molecule has 34 heavy (non-hydrogen) atoms. The first kappa shape index (κ1) is 25.4. The molecule has 0 saturated carbocycles. The molecule has 1 aliphatic rings. The third kappa shape index (κ3) is 6.87. The Bertz CT molecular complexity index is 973. The molecular weight excluding hydrogens is 434 g/mol. The zero-order valence-electron chi connectivity index (χ0n) is 20.4. The predicted molar refractivity (Wildman–Crippen MR) is 132 cm³/mol. The predicted octanol–water partition coefficient (Wildman–Crippen LogP) is 3.57. The quantitative estimate of drug-likeness (QED) is 0.553. The highest BCUT2D eigenvalue weighted by Gasteiger charge is 2.21. The smallest absolute Gasteiger partial charge is 0.262 e. The number of ether oxygens (including phenoxy) is 3. The van der Waals surface area contributed by atoms with Gasteiger partial charge in [-0.05, 0) is 69.1 Å². The van der Waals surface area contributed by atoms with Gasteiger partial charge in [-0.15, -0.1) is 0 Å².